The van der Waals surface area contributed by atoms with Gasteiger partial charge in [-0.05, 0) is 154 Å². The number of carbonyl (C=O) groups is 6. The van der Waals surface area contributed by atoms with Crippen LogP contribution < -0.4 is 30.7 Å². The number of alkyl halides is 18. The van der Waals surface area contributed by atoms with Gasteiger partial charge in [-0.2, -0.15) is 79.0 Å². The Balaban J connectivity index is 0.000000218. The van der Waals surface area contributed by atoms with E-state index in [1.54, 1.807) is 34.6 Å². The van der Waals surface area contributed by atoms with Crippen LogP contribution in [-0.4, -0.2) is 55.1 Å². The van der Waals surface area contributed by atoms with Crippen LogP contribution in [0, 0.1) is 81.5 Å². The maximum atomic E-state index is 13.6. The first-order chi connectivity index (χ1) is 47.6. The fraction of sp³-hybridized carbons (Fsp3) is 0.432. The van der Waals surface area contributed by atoms with Crippen molar-refractivity contribution in [1.82, 2.24) is 0 Å². The number of rotatable bonds is 13. The molecule has 3 N–H and O–H groups in total. The summed E-state index contributed by atoms with van der Waals surface area (Å²) in [5, 5.41) is 6.76. The monoisotopic (exact) mass is 1490 g/mol. The molecule has 5 atom stereocenters. The Morgan fingerprint density at radius 2 is 0.673 bits per heavy atom. The van der Waals surface area contributed by atoms with Gasteiger partial charge in [0, 0.05) is 60.2 Å². The average molecular weight is 1490 g/mol. The van der Waals surface area contributed by atoms with E-state index in [2.05, 4.69) is 16.0 Å². The second kappa shape index (κ2) is 29.8. The second-order valence-electron chi connectivity index (χ2n) is 27.5. The lowest BCUT2D eigenvalue weighted by Gasteiger charge is -2.32. The third kappa shape index (κ3) is 17.3. The van der Waals surface area contributed by atoms with Gasteiger partial charge in [0.15, 0.2) is 0 Å². The van der Waals surface area contributed by atoms with E-state index in [-0.39, 0.29) is 80.7 Å². The van der Waals surface area contributed by atoms with Crippen molar-refractivity contribution in [3.05, 3.63) is 176 Å². The van der Waals surface area contributed by atoms with E-state index in [9.17, 15) is 108 Å². The Morgan fingerprint density at radius 3 is 0.942 bits per heavy atom. The Bertz CT molecular complexity index is 4020. The molecule has 0 spiro atoms. The number of aryl methyl sites for hydroxylation is 6. The number of benzene rings is 6. The van der Waals surface area contributed by atoms with Crippen molar-refractivity contribution >= 4 is 69.6 Å². The van der Waals surface area contributed by atoms with Crippen LogP contribution in [0.1, 0.15) is 134 Å². The average Bonchev–Trinajstić information content (AvgIpc) is 1.59. The minimum atomic E-state index is -5.05. The van der Waals surface area contributed by atoms with Crippen LogP contribution in [0.25, 0.3) is 0 Å². The summed E-state index contributed by atoms with van der Waals surface area (Å²) < 4.78 is 238. The predicted octanol–water partition coefficient (Wildman–Crippen LogP) is 19.7. The summed E-state index contributed by atoms with van der Waals surface area (Å²) in [5.41, 5.74) is -8.38. The molecule has 3 aliphatic heterocycles. The summed E-state index contributed by atoms with van der Waals surface area (Å²) in [5.74, 6) is -5.64. The van der Waals surface area contributed by atoms with Gasteiger partial charge in [0.1, 0.15) is 0 Å². The first-order valence-corrected chi connectivity index (χ1v) is 32.6. The number of nitrogens with zero attached hydrogens (tertiary/aromatic N) is 3. The topological polar surface area (TPSA) is 148 Å². The zero-order valence-corrected chi connectivity index (χ0v) is 58.5. The normalized spacial score (nSPS) is 20.4. The SMILES string of the molecule is CC[C@@]1(C(=O)Nc2cc(C(F)(F)F)cc(C(F)(F)F)c2)CN(c2c(C)cccc2C)C(=O)[C@H]1C.Cc1cccc(C)c1N1C[C@@](CC(C)C)(C(=O)Nc2cc(C(F)(F)F)cc(C(F)(F)F)c2)[C@H](C)C1=O.Cc1cccc(C)c1N1C[C@](C(=O)Nc2cc(C(F)(F)F)cc(C(F)(F)F)c2)(C(C)C)CC1=O. The number of nitrogens with one attached hydrogen (secondary N) is 3. The predicted molar refractivity (Wildman–Crippen MR) is 355 cm³/mol. The van der Waals surface area contributed by atoms with Crippen LogP contribution in [0.4, 0.5) is 113 Å². The van der Waals surface area contributed by atoms with E-state index in [0.29, 0.717) is 53.5 Å². The summed E-state index contributed by atoms with van der Waals surface area (Å²) in [7, 11) is 0. The third-order valence-corrected chi connectivity index (χ3v) is 19.5. The molecule has 3 heterocycles. The smallest absolute Gasteiger partial charge is 0.326 e. The fourth-order valence-electron chi connectivity index (χ4n) is 13.8. The molecule has 564 valence electrons. The van der Waals surface area contributed by atoms with Gasteiger partial charge in [-0.1, -0.05) is 103 Å². The molecular formula is C74H76F18N6O6. The summed E-state index contributed by atoms with van der Waals surface area (Å²) >= 11 is 0. The summed E-state index contributed by atoms with van der Waals surface area (Å²) in [6.07, 6.45) is -30.1. The number of para-hydroxylation sites is 3. The van der Waals surface area contributed by atoms with Gasteiger partial charge in [-0.3, -0.25) is 28.8 Å². The summed E-state index contributed by atoms with van der Waals surface area (Å²) in [6, 6.07) is 19.2. The molecule has 0 radical (unpaired) electrons. The van der Waals surface area contributed by atoms with E-state index >= 15 is 0 Å². The zero-order valence-electron chi connectivity index (χ0n) is 58.5. The fourth-order valence-corrected chi connectivity index (χ4v) is 13.8. The number of halogens is 18. The first-order valence-electron chi connectivity index (χ1n) is 32.6. The lowest BCUT2D eigenvalue weighted by molar-refractivity contribution is -0.144. The van der Waals surface area contributed by atoms with Gasteiger partial charge in [-0.25, -0.2) is 0 Å². The molecule has 6 aromatic carbocycles. The van der Waals surface area contributed by atoms with Gasteiger partial charge in [0.2, 0.25) is 35.4 Å². The maximum Gasteiger partial charge on any atom is 0.416 e. The molecule has 104 heavy (non-hydrogen) atoms. The second-order valence-corrected chi connectivity index (χ2v) is 27.5. The lowest BCUT2D eigenvalue weighted by Crippen LogP contribution is -2.43. The van der Waals surface area contributed by atoms with Gasteiger partial charge < -0.3 is 30.7 Å². The number of hydrogen-bond donors (Lipinski definition) is 3. The number of hydrogen-bond acceptors (Lipinski definition) is 6. The van der Waals surface area contributed by atoms with Gasteiger partial charge >= 0.3 is 37.1 Å². The van der Waals surface area contributed by atoms with E-state index in [0.717, 1.165) is 33.4 Å². The van der Waals surface area contributed by atoms with Crippen molar-refractivity contribution in [2.75, 3.05) is 50.3 Å². The highest BCUT2D eigenvalue weighted by molar-refractivity contribution is 6.10. The van der Waals surface area contributed by atoms with Crippen molar-refractivity contribution in [2.24, 2.45) is 39.9 Å². The van der Waals surface area contributed by atoms with Crippen LogP contribution in [-0.2, 0) is 65.8 Å². The van der Waals surface area contributed by atoms with Gasteiger partial charge in [-0.15, -0.1) is 0 Å². The van der Waals surface area contributed by atoms with Crippen LogP contribution >= 0.6 is 0 Å². The Kier molecular flexibility index (Phi) is 23.5. The van der Waals surface area contributed by atoms with Crippen molar-refractivity contribution in [2.45, 2.75) is 146 Å². The van der Waals surface area contributed by atoms with Gasteiger partial charge in [0.25, 0.3) is 0 Å². The molecule has 12 nitrogen and oxygen atoms in total. The Hall–Kier alpha value is -9.12. The molecule has 3 saturated heterocycles. The Labute approximate surface area is 587 Å². The van der Waals surface area contributed by atoms with Crippen molar-refractivity contribution < 1.29 is 108 Å². The highest BCUT2D eigenvalue weighted by Crippen LogP contribution is 2.50. The molecule has 6 amide bonds. The van der Waals surface area contributed by atoms with Gasteiger partial charge in [0.05, 0.1) is 61.5 Å². The minimum absolute atomic E-state index is 0.00392. The molecular weight excluding hydrogens is 1410 g/mol. The first kappa shape index (κ1) is 82.2. The summed E-state index contributed by atoms with van der Waals surface area (Å²) in [4.78, 5) is 84.3. The standard InChI is InChI=1S/C26H28F6N2O2.2C24H24F6N2O2/c1-14(2)12-24(13-34(22(35)17(24)5)21-15(3)7-6-8-16(21)4)23(36)33-20-10-18(25(27,28)29)9-19(11-20)26(30,31)32;1-13(2)22(11-19(33)32(12-22)20-14(3)6-5-7-15(20)4)21(34)31-18-9-16(23(25,26)27)8-17(10-18)24(28,29)30;1-5-22(12-32(20(33)15(22)4)19-13(2)7-6-8-14(19)3)21(34)31-18-10-16(23(25,26)27)9-17(11-18)24(28,29)30/h6-11,14,17H,12-13H2,1-5H3,(H,33,36);5-10,13H,11-12H2,1-4H3,(H,31,34);6-11,15H,5,12H2,1-4H3,(H,31,34)/t17-,24-;22-;15-,22-/m101/s1. The van der Waals surface area contributed by atoms with Crippen LogP contribution in [0.5, 0.6) is 0 Å². The van der Waals surface area contributed by atoms with E-state index in [1.165, 1.54) is 14.7 Å². The van der Waals surface area contributed by atoms with Crippen LogP contribution in [0.3, 0.4) is 0 Å². The van der Waals surface area contributed by atoms with Crippen molar-refractivity contribution in [1.29, 1.82) is 0 Å². The van der Waals surface area contributed by atoms with Crippen LogP contribution in [0.15, 0.2) is 109 Å². The molecule has 3 fully saturated rings. The lowest BCUT2D eigenvalue weighted by atomic mass is 9.72. The van der Waals surface area contributed by atoms with Crippen molar-refractivity contribution in [3.63, 3.8) is 0 Å². The zero-order chi connectivity index (χ0) is 78.5. The van der Waals surface area contributed by atoms with E-state index in [4.69, 9.17) is 0 Å². The third-order valence-electron chi connectivity index (χ3n) is 19.5. The van der Waals surface area contributed by atoms with Crippen molar-refractivity contribution in [3.8, 4) is 0 Å². The molecule has 3 aliphatic rings. The molecule has 9 rings (SSSR count). The molecule has 0 unspecified atom stereocenters. The van der Waals surface area contributed by atoms with E-state index in [1.807, 2.05) is 110 Å². The molecule has 30 heteroatoms. The highest BCUT2D eigenvalue weighted by Gasteiger charge is 2.58. The molecule has 0 bridgehead atoms. The number of amides is 6. The highest BCUT2D eigenvalue weighted by atomic mass is 19.4. The quantitative estimate of drug-likeness (QED) is 0.0981. The largest absolute Gasteiger partial charge is 0.416 e. The Morgan fingerprint density at radius 1 is 0.413 bits per heavy atom. The summed E-state index contributed by atoms with van der Waals surface area (Å²) in [6.45, 7) is 22.6. The molecule has 0 aliphatic carbocycles. The molecule has 0 saturated carbocycles. The number of carbonyl (C=O) groups excluding carboxylic acids is 6. The van der Waals surface area contributed by atoms with E-state index < -0.39 is 139 Å². The van der Waals surface area contributed by atoms with Crippen LogP contribution in [0.2, 0.25) is 0 Å². The molecule has 6 aromatic rings. The molecule has 0 aromatic heterocycles. The number of anilines is 6. The maximum absolute atomic E-state index is 13.6. The minimum Gasteiger partial charge on any atom is -0.326 e.